The van der Waals surface area contributed by atoms with Crippen molar-refractivity contribution in [3.05, 3.63) is 97.6 Å². The maximum atomic E-state index is 12.5. The highest BCUT2D eigenvalue weighted by atomic mass is 16.6. The third kappa shape index (κ3) is 4.16. The van der Waals surface area contributed by atoms with Gasteiger partial charge in [-0.1, -0.05) is 48.5 Å². The highest BCUT2D eigenvalue weighted by Crippen LogP contribution is 2.44. The summed E-state index contributed by atoms with van der Waals surface area (Å²) in [4.78, 5) is 34.7. The first kappa shape index (κ1) is 20.2. The zero-order valence-electron chi connectivity index (χ0n) is 15.8. The average Bonchev–Trinajstić information content (AvgIpc) is 2.73. The maximum absolute atomic E-state index is 12.5. The van der Waals surface area contributed by atoms with E-state index in [1.54, 1.807) is 55.5 Å². The van der Waals surface area contributed by atoms with Crippen molar-refractivity contribution < 1.29 is 19.4 Å². The monoisotopic (exact) mass is 396 g/mol. The molecule has 0 saturated carbocycles. The molecule has 0 radical (unpaired) electrons. The predicted octanol–water partition coefficient (Wildman–Crippen LogP) is 4.00. The average molecular weight is 396 g/mol. The summed E-state index contributed by atoms with van der Waals surface area (Å²) in [6.45, 7) is 1.86. The van der Waals surface area contributed by atoms with Crippen LogP contribution >= 0.6 is 0 Å². The molecule has 1 aliphatic rings. The van der Waals surface area contributed by atoms with Crippen LogP contribution in [0, 0.1) is 20.2 Å². The molecule has 0 unspecified atom stereocenters. The van der Waals surface area contributed by atoms with Crippen molar-refractivity contribution in [2.75, 3.05) is 6.61 Å². The summed E-state index contributed by atoms with van der Waals surface area (Å²) >= 11 is 0. The summed E-state index contributed by atoms with van der Waals surface area (Å²) in [7, 11) is 0. The van der Waals surface area contributed by atoms with E-state index in [0.29, 0.717) is 11.1 Å². The minimum atomic E-state index is -1.11. The Bertz CT molecular complexity index is 939. The molecule has 3 atom stereocenters. The Kier molecular flexibility index (Phi) is 6.01. The summed E-state index contributed by atoms with van der Waals surface area (Å²) in [6.07, 6.45) is 1.96. The Balaban J connectivity index is 2.08. The number of ether oxygens (including phenoxy) is 1. The molecule has 0 aliphatic heterocycles. The number of nitro benzene ring substituents is 1. The van der Waals surface area contributed by atoms with E-state index in [9.17, 15) is 25.0 Å². The fourth-order valence-electron chi connectivity index (χ4n) is 3.84. The summed E-state index contributed by atoms with van der Waals surface area (Å²) in [5.74, 6) is -1.87. The van der Waals surface area contributed by atoms with Gasteiger partial charge in [0.25, 0.3) is 5.69 Å². The van der Waals surface area contributed by atoms with Crippen molar-refractivity contribution in [1.29, 1.82) is 0 Å². The number of allylic oxidation sites excluding steroid dienone is 1. The fourth-order valence-corrected chi connectivity index (χ4v) is 3.84. The van der Waals surface area contributed by atoms with Crippen LogP contribution in [-0.2, 0) is 9.53 Å². The second-order valence-corrected chi connectivity index (χ2v) is 6.74. The number of nitrogens with zero attached hydrogens (tertiary/aromatic N) is 2. The molecule has 0 aromatic heterocycles. The number of carbonyl (C=O) groups excluding carboxylic acids is 1. The predicted molar refractivity (Wildman–Crippen MR) is 105 cm³/mol. The van der Waals surface area contributed by atoms with E-state index in [4.69, 9.17) is 4.74 Å². The van der Waals surface area contributed by atoms with E-state index >= 15 is 0 Å². The van der Waals surface area contributed by atoms with Gasteiger partial charge in [0.2, 0.25) is 6.04 Å². The van der Waals surface area contributed by atoms with Gasteiger partial charge in [0.05, 0.1) is 23.4 Å². The first-order chi connectivity index (χ1) is 13.9. The molecule has 0 heterocycles. The SMILES string of the molecule is CCOC(=O)C1=CC[C@@H](c2ccc([N+](=O)[O-])cc2)[C@H]([N+](=O)[O-])[C@H]1c1ccccc1. The summed E-state index contributed by atoms with van der Waals surface area (Å²) in [5, 5.41) is 23.1. The van der Waals surface area contributed by atoms with Crippen molar-refractivity contribution in [3.63, 3.8) is 0 Å². The van der Waals surface area contributed by atoms with Gasteiger partial charge in [-0.25, -0.2) is 4.79 Å². The third-order valence-corrected chi connectivity index (χ3v) is 5.13. The zero-order valence-corrected chi connectivity index (χ0v) is 15.8. The van der Waals surface area contributed by atoms with Crippen LogP contribution in [0.15, 0.2) is 66.2 Å². The van der Waals surface area contributed by atoms with Crippen molar-refractivity contribution >= 4 is 11.7 Å². The van der Waals surface area contributed by atoms with Crippen LogP contribution in [0.3, 0.4) is 0 Å². The van der Waals surface area contributed by atoms with Gasteiger partial charge in [0, 0.05) is 22.6 Å². The molecule has 150 valence electrons. The largest absolute Gasteiger partial charge is 0.463 e. The Labute approximate surface area is 167 Å². The lowest BCUT2D eigenvalue weighted by atomic mass is 9.71. The molecular formula is C21H20N2O6. The Hall–Kier alpha value is -3.55. The highest BCUT2D eigenvalue weighted by molar-refractivity contribution is 5.90. The number of non-ortho nitro benzene ring substituents is 1. The second kappa shape index (κ2) is 8.64. The van der Waals surface area contributed by atoms with Crippen molar-refractivity contribution in [3.8, 4) is 0 Å². The number of rotatable bonds is 6. The molecule has 3 rings (SSSR count). The van der Waals surface area contributed by atoms with Gasteiger partial charge in [0.1, 0.15) is 0 Å². The van der Waals surface area contributed by atoms with Gasteiger partial charge in [-0.15, -0.1) is 0 Å². The molecule has 0 saturated heterocycles. The normalized spacial score (nSPS) is 21.1. The number of hydrogen-bond acceptors (Lipinski definition) is 6. The number of carbonyl (C=O) groups is 1. The van der Waals surface area contributed by atoms with Crippen LogP contribution in [-0.4, -0.2) is 28.5 Å². The molecule has 29 heavy (non-hydrogen) atoms. The van der Waals surface area contributed by atoms with Crippen LogP contribution in [0.5, 0.6) is 0 Å². The summed E-state index contributed by atoms with van der Waals surface area (Å²) in [6, 6.07) is 13.5. The van der Waals surface area contributed by atoms with Crippen LogP contribution < -0.4 is 0 Å². The van der Waals surface area contributed by atoms with Crippen LogP contribution in [0.2, 0.25) is 0 Å². The molecule has 0 spiro atoms. The summed E-state index contributed by atoms with van der Waals surface area (Å²) in [5.41, 5.74) is 1.47. The quantitative estimate of drug-likeness (QED) is 0.414. The van der Waals surface area contributed by atoms with E-state index in [2.05, 4.69) is 0 Å². The molecule has 1 aliphatic carbocycles. The lowest BCUT2D eigenvalue weighted by Gasteiger charge is -2.32. The minimum absolute atomic E-state index is 0.0791. The molecule has 0 bridgehead atoms. The van der Waals surface area contributed by atoms with Crippen LogP contribution in [0.25, 0.3) is 0 Å². The number of nitro groups is 2. The van der Waals surface area contributed by atoms with Gasteiger partial charge in [-0.3, -0.25) is 20.2 Å². The van der Waals surface area contributed by atoms with E-state index < -0.39 is 28.8 Å². The van der Waals surface area contributed by atoms with Crippen LogP contribution in [0.4, 0.5) is 5.69 Å². The first-order valence-electron chi connectivity index (χ1n) is 9.24. The van der Waals surface area contributed by atoms with Gasteiger partial charge < -0.3 is 4.74 Å². The van der Waals surface area contributed by atoms with E-state index in [1.807, 2.05) is 0 Å². The van der Waals surface area contributed by atoms with E-state index in [1.165, 1.54) is 12.1 Å². The molecule has 0 fully saturated rings. The third-order valence-electron chi connectivity index (χ3n) is 5.13. The molecule has 8 heteroatoms. The molecule has 2 aromatic rings. The van der Waals surface area contributed by atoms with Gasteiger partial charge in [0.15, 0.2) is 0 Å². The molecule has 0 N–H and O–H groups in total. The second-order valence-electron chi connectivity index (χ2n) is 6.74. The Morgan fingerprint density at radius 1 is 1.03 bits per heavy atom. The lowest BCUT2D eigenvalue weighted by Crippen LogP contribution is -2.39. The Morgan fingerprint density at radius 2 is 1.69 bits per heavy atom. The molecule has 0 amide bonds. The standard InChI is InChI=1S/C21H20N2O6/c1-2-29-21(24)18-13-12-17(14-8-10-16(11-9-14)22(25)26)20(23(27)28)19(18)15-6-4-3-5-7-15/h3-11,13,17,19-20H,2,12H2,1H3/t17-,19-,20-/m0/s1. The van der Waals surface area contributed by atoms with Gasteiger partial charge in [-0.2, -0.15) is 0 Å². The number of benzene rings is 2. The van der Waals surface area contributed by atoms with Gasteiger partial charge >= 0.3 is 5.97 Å². The topological polar surface area (TPSA) is 113 Å². The van der Waals surface area contributed by atoms with Crippen molar-refractivity contribution in [1.82, 2.24) is 0 Å². The van der Waals surface area contributed by atoms with Crippen molar-refractivity contribution in [2.45, 2.75) is 31.2 Å². The smallest absolute Gasteiger partial charge is 0.334 e. The number of hydrogen-bond donors (Lipinski definition) is 0. The molecule has 2 aromatic carbocycles. The van der Waals surface area contributed by atoms with E-state index in [0.717, 1.165) is 0 Å². The molecule has 8 nitrogen and oxygen atoms in total. The zero-order chi connectivity index (χ0) is 21.0. The Morgan fingerprint density at radius 3 is 2.24 bits per heavy atom. The highest BCUT2D eigenvalue weighted by Gasteiger charge is 2.47. The lowest BCUT2D eigenvalue weighted by molar-refractivity contribution is -0.530. The van der Waals surface area contributed by atoms with Gasteiger partial charge in [-0.05, 0) is 24.5 Å². The molecular weight excluding hydrogens is 376 g/mol. The summed E-state index contributed by atoms with van der Waals surface area (Å²) < 4.78 is 5.14. The minimum Gasteiger partial charge on any atom is -0.463 e. The van der Waals surface area contributed by atoms with E-state index in [-0.39, 0.29) is 29.2 Å². The first-order valence-corrected chi connectivity index (χ1v) is 9.24. The maximum Gasteiger partial charge on any atom is 0.334 e. The van der Waals surface area contributed by atoms with Crippen molar-refractivity contribution in [2.24, 2.45) is 0 Å². The number of esters is 1. The van der Waals surface area contributed by atoms with Crippen LogP contribution in [0.1, 0.15) is 36.3 Å². The fraction of sp³-hybridized carbons (Fsp3) is 0.286.